The first-order valence-corrected chi connectivity index (χ1v) is 12.8. The van der Waals surface area contributed by atoms with Crippen LogP contribution in [0, 0.1) is 5.82 Å². The summed E-state index contributed by atoms with van der Waals surface area (Å²) in [6.07, 6.45) is -5.73. The zero-order valence-electron chi connectivity index (χ0n) is 21.6. The number of ether oxygens (including phenoxy) is 1. The number of fused-ring (bicyclic) bond motifs is 1. The van der Waals surface area contributed by atoms with Crippen LogP contribution in [-0.4, -0.2) is 17.1 Å². The number of rotatable bonds is 8. The predicted molar refractivity (Wildman–Crippen MR) is 148 cm³/mol. The molecule has 0 spiro atoms. The van der Waals surface area contributed by atoms with E-state index >= 15 is 0 Å². The summed E-state index contributed by atoms with van der Waals surface area (Å²) < 4.78 is 59.6. The fourth-order valence-corrected chi connectivity index (χ4v) is 4.65. The molecule has 0 radical (unpaired) electrons. The van der Waals surface area contributed by atoms with Crippen molar-refractivity contribution in [1.29, 1.82) is 0 Å². The Balaban J connectivity index is 1.46. The lowest BCUT2D eigenvalue weighted by Gasteiger charge is -2.26. The molecule has 41 heavy (non-hydrogen) atoms. The third-order valence-corrected chi connectivity index (χ3v) is 6.73. The second kappa shape index (κ2) is 11.8. The minimum atomic E-state index is -4.49. The van der Waals surface area contributed by atoms with Crippen LogP contribution in [0.5, 0.6) is 11.5 Å². The lowest BCUT2D eigenvalue weighted by atomic mass is 9.94. The number of alkyl halides is 3. The van der Waals surface area contributed by atoms with Gasteiger partial charge in [-0.05, 0) is 71.5 Å². The molecule has 0 aromatic heterocycles. The molecular weight excluding hydrogens is 534 g/mol. The largest absolute Gasteiger partial charge is 0.457 e. The molecule has 208 valence electrons. The van der Waals surface area contributed by atoms with E-state index in [9.17, 15) is 27.5 Å². The van der Waals surface area contributed by atoms with Gasteiger partial charge in [-0.1, -0.05) is 66.7 Å². The lowest BCUT2D eigenvalue weighted by molar-refractivity contribution is -0.137. The number of nitrogens with one attached hydrogen (secondary N) is 1. The molecule has 0 aliphatic rings. The number of aliphatic hydroxyl groups excluding tert-OH is 1. The minimum absolute atomic E-state index is 0.0218. The van der Waals surface area contributed by atoms with Gasteiger partial charge in [0.2, 0.25) is 0 Å². The van der Waals surface area contributed by atoms with Gasteiger partial charge in [-0.15, -0.1) is 0 Å². The maximum absolute atomic E-state index is 14.4. The molecule has 2 N–H and O–H groups in total. The van der Waals surface area contributed by atoms with Crippen LogP contribution >= 0.6 is 0 Å². The highest BCUT2D eigenvalue weighted by atomic mass is 19.4. The molecular formula is C33H25F4NO3. The fraction of sp³-hybridized carbons (Fsp3) is 0.121. The van der Waals surface area contributed by atoms with Crippen molar-refractivity contribution in [1.82, 2.24) is 5.32 Å². The Morgan fingerprint density at radius 3 is 2.15 bits per heavy atom. The van der Waals surface area contributed by atoms with Crippen LogP contribution in [-0.2, 0) is 12.6 Å². The zero-order chi connectivity index (χ0) is 29.0. The molecule has 0 heterocycles. The Labute approximate surface area is 233 Å². The summed E-state index contributed by atoms with van der Waals surface area (Å²) in [4.78, 5) is 13.5. The van der Waals surface area contributed by atoms with Gasteiger partial charge in [0, 0.05) is 10.9 Å². The Morgan fingerprint density at radius 1 is 0.780 bits per heavy atom. The second-order valence-corrected chi connectivity index (χ2v) is 9.55. The van der Waals surface area contributed by atoms with Crippen LogP contribution in [0.4, 0.5) is 17.6 Å². The molecule has 1 amide bonds. The van der Waals surface area contributed by atoms with Gasteiger partial charge in [-0.3, -0.25) is 4.79 Å². The number of carbonyl (C=O) groups excluding carboxylic acids is 1. The van der Waals surface area contributed by atoms with E-state index in [4.69, 9.17) is 4.74 Å². The van der Waals surface area contributed by atoms with Crippen LogP contribution in [0.3, 0.4) is 0 Å². The molecule has 5 aromatic rings. The van der Waals surface area contributed by atoms with Gasteiger partial charge < -0.3 is 15.2 Å². The monoisotopic (exact) mass is 559 g/mol. The summed E-state index contributed by atoms with van der Waals surface area (Å²) in [6, 6.07) is 28.5. The third-order valence-electron chi connectivity index (χ3n) is 6.73. The van der Waals surface area contributed by atoms with E-state index in [1.54, 1.807) is 60.7 Å². The molecule has 0 fully saturated rings. The third kappa shape index (κ3) is 6.56. The Kier molecular flexibility index (Phi) is 8.03. The molecule has 5 aromatic carbocycles. The molecule has 0 aliphatic heterocycles. The van der Waals surface area contributed by atoms with Gasteiger partial charge in [0.05, 0.1) is 17.7 Å². The number of hydrogen-bond acceptors (Lipinski definition) is 3. The highest BCUT2D eigenvalue weighted by Crippen LogP contribution is 2.31. The van der Waals surface area contributed by atoms with E-state index in [0.717, 1.165) is 12.1 Å². The summed E-state index contributed by atoms with van der Waals surface area (Å²) in [6.45, 7) is 0. The number of benzene rings is 5. The molecule has 2 atom stereocenters. The van der Waals surface area contributed by atoms with Gasteiger partial charge in [-0.25, -0.2) is 4.39 Å². The first kappa shape index (κ1) is 27.9. The molecule has 4 nitrogen and oxygen atoms in total. The molecule has 2 unspecified atom stereocenters. The Hall–Kier alpha value is -4.69. The van der Waals surface area contributed by atoms with Crippen LogP contribution < -0.4 is 10.1 Å². The van der Waals surface area contributed by atoms with Crippen molar-refractivity contribution in [3.05, 3.63) is 143 Å². The summed E-state index contributed by atoms with van der Waals surface area (Å²) in [7, 11) is 0. The zero-order valence-corrected chi connectivity index (χ0v) is 21.6. The normalized spacial score (nSPS) is 13.0. The van der Waals surface area contributed by atoms with E-state index in [0.29, 0.717) is 28.0 Å². The van der Waals surface area contributed by atoms with Crippen molar-refractivity contribution in [2.45, 2.75) is 24.7 Å². The number of aliphatic hydroxyl groups is 1. The Morgan fingerprint density at radius 2 is 1.44 bits per heavy atom. The van der Waals surface area contributed by atoms with Gasteiger partial charge in [0.15, 0.2) is 0 Å². The quantitative estimate of drug-likeness (QED) is 0.190. The van der Waals surface area contributed by atoms with Gasteiger partial charge in [0.1, 0.15) is 17.3 Å². The van der Waals surface area contributed by atoms with Gasteiger partial charge in [0.25, 0.3) is 5.91 Å². The average molecular weight is 560 g/mol. The van der Waals surface area contributed by atoms with E-state index in [-0.39, 0.29) is 17.4 Å². The van der Waals surface area contributed by atoms with Crippen LogP contribution in [0.25, 0.3) is 10.8 Å². The maximum Gasteiger partial charge on any atom is 0.416 e. The molecule has 0 saturated carbocycles. The number of para-hydroxylation sites is 1. The molecule has 0 bridgehead atoms. The lowest BCUT2D eigenvalue weighted by Crippen LogP contribution is -2.41. The number of carbonyl (C=O) groups is 1. The molecule has 5 rings (SSSR count). The highest BCUT2D eigenvalue weighted by Gasteiger charge is 2.30. The summed E-state index contributed by atoms with van der Waals surface area (Å²) >= 11 is 0. The highest BCUT2D eigenvalue weighted by molar-refractivity contribution is 6.07. The smallest absolute Gasteiger partial charge is 0.416 e. The number of hydrogen-bond donors (Lipinski definition) is 2. The van der Waals surface area contributed by atoms with Crippen LogP contribution in [0.2, 0.25) is 0 Å². The number of amides is 1. The van der Waals surface area contributed by atoms with Gasteiger partial charge in [-0.2, -0.15) is 13.2 Å². The van der Waals surface area contributed by atoms with Crippen molar-refractivity contribution < 1.29 is 32.2 Å². The van der Waals surface area contributed by atoms with E-state index in [1.807, 2.05) is 18.2 Å². The molecule has 0 aliphatic carbocycles. The summed E-state index contributed by atoms with van der Waals surface area (Å²) in [5.74, 6) is 0.0105. The fourth-order valence-electron chi connectivity index (χ4n) is 4.65. The Bertz CT molecular complexity index is 1650. The van der Waals surface area contributed by atoms with E-state index < -0.39 is 35.6 Å². The van der Waals surface area contributed by atoms with Crippen molar-refractivity contribution in [2.75, 3.05) is 0 Å². The van der Waals surface area contributed by atoms with Crippen molar-refractivity contribution in [2.24, 2.45) is 0 Å². The van der Waals surface area contributed by atoms with Crippen molar-refractivity contribution in [3.63, 3.8) is 0 Å². The standard InChI is InChI=1S/C33H25F4NO3/c34-29-18-17-28(26-11-4-5-12-27(26)29)32(40)38-30(19-21-13-15-23(16-14-21)33(35,36)37)31(39)22-7-6-10-25(20-22)41-24-8-2-1-3-9-24/h1-18,20,30-31,39H,19H2,(H,38,40). The van der Waals surface area contributed by atoms with Gasteiger partial charge >= 0.3 is 6.18 Å². The first-order chi connectivity index (χ1) is 19.7. The molecule has 0 saturated heterocycles. The molecule has 8 heteroatoms. The first-order valence-electron chi connectivity index (χ1n) is 12.8. The summed E-state index contributed by atoms with van der Waals surface area (Å²) in [5, 5.41) is 15.0. The van der Waals surface area contributed by atoms with Crippen LogP contribution in [0.1, 0.15) is 33.2 Å². The maximum atomic E-state index is 14.4. The van der Waals surface area contributed by atoms with E-state index in [1.165, 1.54) is 24.3 Å². The van der Waals surface area contributed by atoms with E-state index in [2.05, 4.69) is 5.32 Å². The topological polar surface area (TPSA) is 58.6 Å². The van der Waals surface area contributed by atoms with Crippen molar-refractivity contribution in [3.8, 4) is 11.5 Å². The predicted octanol–water partition coefficient (Wildman–Crippen LogP) is 7.86. The average Bonchev–Trinajstić information content (AvgIpc) is 2.97. The summed E-state index contributed by atoms with van der Waals surface area (Å²) in [5.41, 5.74) is 0.307. The second-order valence-electron chi connectivity index (χ2n) is 9.55. The van der Waals surface area contributed by atoms with Crippen molar-refractivity contribution >= 4 is 16.7 Å². The number of halogens is 4. The minimum Gasteiger partial charge on any atom is -0.457 e. The van der Waals surface area contributed by atoms with Crippen LogP contribution in [0.15, 0.2) is 115 Å². The SMILES string of the molecule is O=C(NC(Cc1ccc(C(F)(F)F)cc1)C(O)c1cccc(Oc2ccccc2)c1)c1ccc(F)c2ccccc12.